The third kappa shape index (κ3) is 5.87. The molecule has 3 aliphatic rings. The molecule has 42 heavy (non-hydrogen) atoms. The molecule has 2 fully saturated rings. The molecule has 0 amide bonds. The Balaban J connectivity index is 1.43. The van der Waals surface area contributed by atoms with Crippen molar-refractivity contribution in [2.24, 2.45) is 0 Å². The SMILES string of the molecule is CO[C@@H]1[C@H](O)[C@H]2COP(=O)(O[C@H]3[C@@H](OC)[C@H](n4ccc(=O)[nH]c4=O)O[C@@H]3CO)OCCCc3cn(c(=O)[nH]c3=O)[C@@H]1O2. The predicted molar refractivity (Wildman–Crippen MR) is 138 cm³/mol. The van der Waals surface area contributed by atoms with Gasteiger partial charge < -0.3 is 29.2 Å². The van der Waals surface area contributed by atoms with Crippen LogP contribution in [0.25, 0.3) is 0 Å². The largest absolute Gasteiger partial charge is 0.475 e. The highest BCUT2D eigenvalue weighted by molar-refractivity contribution is 7.48. The van der Waals surface area contributed by atoms with Crippen molar-refractivity contribution in [2.75, 3.05) is 34.0 Å². The minimum atomic E-state index is -4.56. The predicted octanol–water partition coefficient (Wildman–Crippen LogP) is -2.26. The number of nitrogens with zero attached hydrogens (tertiary/aromatic N) is 2. The van der Waals surface area contributed by atoms with Crippen LogP contribution in [-0.4, -0.2) is 100.0 Å². The molecule has 0 aliphatic carbocycles. The first kappa shape index (κ1) is 30.7. The summed E-state index contributed by atoms with van der Waals surface area (Å²) in [6, 6.07) is 1.09. The number of rotatable bonds is 6. The molecule has 1 unspecified atom stereocenters. The van der Waals surface area contributed by atoms with Crippen molar-refractivity contribution in [3.8, 4) is 0 Å². The number of methoxy groups -OCH3 is 2. The average Bonchev–Trinajstić information content (AvgIpc) is 3.46. The fourth-order valence-corrected chi connectivity index (χ4v) is 6.60. The van der Waals surface area contributed by atoms with E-state index >= 15 is 0 Å². The second-order valence-corrected chi connectivity index (χ2v) is 11.4. The third-order valence-electron chi connectivity index (χ3n) is 7.25. The summed E-state index contributed by atoms with van der Waals surface area (Å²) in [4.78, 5) is 53.3. The van der Waals surface area contributed by atoms with Crippen molar-refractivity contribution in [3.63, 3.8) is 0 Å². The van der Waals surface area contributed by atoms with Crippen LogP contribution in [0.4, 0.5) is 0 Å². The molecule has 5 rings (SSSR count). The van der Waals surface area contributed by atoms with Crippen LogP contribution in [0.2, 0.25) is 0 Å². The molecule has 0 radical (unpaired) electrons. The van der Waals surface area contributed by atoms with Crippen LogP contribution in [0.15, 0.2) is 37.6 Å². The van der Waals surface area contributed by atoms with Crippen LogP contribution in [0.1, 0.15) is 24.4 Å². The molecule has 2 aromatic heterocycles. The lowest BCUT2D eigenvalue weighted by Crippen LogP contribution is -2.40. The van der Waals surface area contributed by atoms with Crippen molar-refractivity contribution < 1.29 is 47.3 Å². The van der Waals surface area contributed by atoms with Crippen LogP contribution < -0.4 is 22.5 Å². The number of ether oxygens (including phenoxy) is 4. The van der Waals surface area contributed by atoms with Crippen molar-refractivity contribution >= 4 is 7.82 Å². The number of phosphoric ester groups is 1. The highest BCUT2D eigenvalue weighted by Crippen LogP contribution is 2.54. The van der Waals surface area contributed by atoms with Gasteiger partial charge in [0.2, 0.25) is 0 Å². The molecular weight excluding hydrogens is 587 g/mol. The smallest absolute Gasteiger partial charge is 0.394 e. The summed E-state index contributed by atoms with van der Waals surface area (Å²) >= 11 is 0. The van der Waals surface area contributed by atoms with E-state index in [1.165, 1.54) is 26.6 Å². The standard InChI is InChI=1S/C23H31N4O14P/c1-35-17-15(30)13-10-38-42(34,37-7-3-4-11-8-27(20(17)40-13)23(33)25-19(11)31)41-16-12(9-28)39-21(18(16)36-2)26-6-5-14(29)24-22(26)32/h5-6,8,12-13,15-18,20-21,28,30H,3-4,7,9-10H2,1-2H3,(H,24,29,32)(H,25,31,33)/t12-,13-,15-,16-,17-,18-,20-,21-,42?/m1/s1. The molecule has 232 valence electrons. The van der Waals surface area contributed by atoms with E-state index in [4.69, 9.17) is 32.5 Å². The topological polar surface area (TPSA) is 232 Å². The van der Waals surface area contributed by atoms with Crippen molar-refractivity contribution in [2.45, 2.75) is 61.9 Å². The van der Waals surface area contributed by atoms with E-state index in [1.54, 1.807) is 0 Å². The van der Waals surface area contributed by atoms with Crippen LogP contribution in [0.5, 0.6) is 0 Å². The van der Waals surface area contributed by atoms with Crippen molar-refractivity contribution in [3.05, 3.63) is 65.7 Å². The highest BCUT2D eigenvalue weighted by Gasteiger charge is 2.52. The van der Waals surface area contributed by atoms with E-state index in [-0.39, 0.29) is 25.0 Å². The maximum atomic E-state index is 14.0. The third-order valence-corrected chi connectivity index (χ3v) is 8.72. The lowest BCUT2D eigenvalue weighted by atomic mass is 10.1. The summed E-state index contributed by atoms with van der Waals surface area (Å²) in [5.74, 6) is 0. The van der Waals surface area contributed by atoms with E-state index in [0.717, 1.165) is 15.2 Å². The molecule has 0 aromatic carbocycles. The molecule has 19 heteroatoms. The Bertz CT molecular complexity index is 1550. The van der Waals surface area contributed by atoms with E-state index in [1.807, 2.05) is 0 Å². The zero-order valence-corrected chi connectivity index (χ0v) is 23.4. The van der Waals surface area contributed by atoms with Gasteiger partial charge in [0.05, 0.1) is 19.8 Å². The lowest BCUT2D eigenvalue weighted by molar-refractivity contribution is -0.0676. The number of aromatic amines is 2. The quantitative estimate of drug-likeness (QED) is 0.250. The van der Waals surface area contributed by atoms with E-state index in [9.17, 15) is 34.0 Å². The van der Waals surface area contributed by atoms with Crippen LogP contribution in [0.3, 0.4) is 0 Å². The summed E-state index contributed by atoms with van der Waals surface area (Å²) in [5, 5.41) is 20.9. The first-order valence-electron chi connectivity index (χ1n) is 13.0. The van der Waals surface area contributed by atoms with Gasteiger partial charge >= 0.3 is 19.2 Å². The Hall–Kier alpha value is -2.77. The Morgan fingerprint density at radius 2 is 1.71 bits per heavy atom. The van der Waals surface area contributed by atoms with E-state index in [2.05, 4.69) is 9.97 Å². The first-order chi connectivity index (χ1) is 20.1. The van der Waals surface area contributed by atoms with E-state index in [0.29, 0.717) is 0 Å². The molecule has 9 atom stereocenters. The van der Waals surface area contributed by atoms with Crippen LogP contribution in [0, 0.1) is 0 Å². The number of hydrogen-bond acceptors (Lipinski definition) is 14. The molecular formula is C23H31N4O14P. The lowest BCUT2D eigenvalue weighted by Gasteiger charge is -2.27. The molecule has 2 saturated heterocycles. The maximum Gasteiger partial charge on any atom is 0.475 e. The zero-order valence-electron chi connectivity index (χ0n) is 22.5. The second kappa shape index (κ2) is 12.5. The van der Waals surface area contributed by atoms with Gasteiger partial charge in [-0.15, -0.1) is 0 Å². The number of fused-ring (bicyclic) bond motifs is 5. The fraction of sp³-hybridized carbons (Fsp3) is 0.652. The molecule has 0 saturated carbocycles. The number of aryl methyl sites for hydroxylation is 1. The molecule has 18 nitrogen and oxygen atoms in total. The molecule has 2 aromatic rings. The monoisotopic (exact) mass is 618 g/mol. The van der Waals surface area contributed by atoms with Crippen molar-refractivity contribution in [1.29, 1.82) is 0 Å². The number of aliphatic hydroxyl groups is 2. The van der Waals surface area contributed by atoms with Gasteiger partial charge in [0.1, 0.15) is 36.6 Å². The number of aromatic nitrogens is 4. The van der Waals surface area contributed by atoms with Gasteiger partial charge in [0.15, 0.2) is 12.5 Å². The normalized spacial score (nSPS) is 35.3. The Morgan fingerprint density at radius 1 is 1.00 bits per heavy atom. The van der Waals surface area contributed by atoms with Crippen molar-refractivity contribution in [1.82, 2.24) is 19.1 Å². The molecule has 4 bridgehead atoms. The number of H-pyrrole nitrogens is 2. The van der Waals surface area contributed by atoms with Gasteiger partial charge in [-0.1, -0.05) is 0 Å². The summed E-state index contributed by atoms with van der Waals surface area (Å²) in [5.41, 5.74) is -2.67. The second-order valence-electron chi connectivity index (χ2n) is 9.79. The molecule has 3 aliphatic heterocycles. The molecule has 4 N–H and O–H groups in total. The Labute approximate surface area is 236 Å². The van der Waals surface area contributed by atoms with Gasteiger partial charge in [-0.2, -0.15) is 0 Å². The van der Waals surface area contributed by atoms with Crippen LogP contribution in [-0.2, 0) is 43.5 Å². The minimum absolute atomic E-state index is 0.0929. The Morgan fingerprint density at radius 3 is 2.40 bits per heavy atom. The summed E-state index contributed by atoms with van der Waals surface area (Å²) in [6.07, 6.45) is -6.86. The zero-order chi connectivity index (χ0) is 30.2. The van der Waals surface area contributed by atoms with E-state index < -0.39 is 92.6 Å². The van der Waals surface area contributed by atoms with Gasteiger partial charge in [-0.3, -0.25) is 42.3 Å². The number of aliphatic hydroxyl groups excluding tert-OH is 2. The van der Waals surface area contributed by atoms with Crippen LogP contribution >= 0.6 is 7.82 Å². The Kier molecular flexibility index (Phi) is 9.10. The first-order valence-corrected chi connectivity index (χ1v) is 14.4. The maximum absolute atomic E-state index is 14.0. The van der Waals surface area contributed by atoms with Gasteiger partial charge in [-0.25, -0.2) is 14.2 Å². The number of phosphoric acid groups is 1. The van der Waals surface area contributed by atoms with Gasteiger partial charge in [0.25, 0.3) is 11.1 Å². The fourth-order valence-electron chi connectivity index (χ4n) is 5.16. The summed E-state index contributed by atoms with van der Waals surface area (Å²) in [6.45, 7) is -1.42. The number of nitrogens with one attached hydrogen (secondary N) is 2. The van der Waals surface area contributed by atoms with Gasteiger partial charge in [-0.05, 0) is 12.8 Å². The minimum Gasteiger partial charge on any atom is -0.394 e. The number of hydrogen-bond donors (Lipinski definition) is 4. The summed E-state index contributed by atoms with van der Waals surface area (Å²) in [7, 11) is -1.98. The highest BCUT2D eigenvalue weighted by atomic mass is 31.2. The van der Waals surface area contributed by atoms with Gasteiger partial charge in [0, 0.05) is 38.2 Å². The average molecular weight is 618 g/mol. The molecule has 0 spiro atoms. The summed E-state index contributed by atoms with van der Waals surface area (Å²) < 4.78 is 55.5. The molecule has 5 heterocycles.